The van der Waals surface area contributed by atoms with Crippen LogP contribution in [0.15, 0.2) is 41.3 Å². The van der Waals surface area contributed by atoms with Crippen LogP contribution in [0.1, 0.15) is 11.3 Å². The van der Waals surface area contributed by atoms with Crippen molar-refractivity contribution in [2.24, 2.45) is 7.05 Å². The molecule has 0 spiro atoms. The molecule has 198 valence electrons. The second kappa shape index (κ2) is 9.73. The van der Waals surface area contributed by atoms with E-state index in [1.54, 1.807) is 13.1 Å². The second-order valence-corrected chi connectivity index (χ2v) is 9.84. The average Bonchev–Trinajstić information content (AvgIpc) is 3.57. The number of aliphatic hydroxyl groups is 1. The van der Waals surface area contributed by atoms with E-state index in [0.29, 0.717) is 33.0 Å². The maximum Gasteiger partial charge on any atom is 0.296 e. The van der Waals surface area contributed by atoms with Gasteiger partial charge < -0.3 is 28.9 Å². The maximum absolute atomic E-state index is 14.9. The lowest BCUT2D eigenvalue weighted by Gasteiger charge is -2.15. The van der Waals surface area contributed by atoms with Gasteiger partial charge in [-0.05, 0) is 48.2 Å². The number of nitrogens with one attached hydrogen (secondary N) is 1. The van der Waals surface area contributed by atoms with Gasteiger partial charge in [-0.1, -0.05) is 11.6 Å². The molecular weight excluding hydrogens is 522 g/mol. The van der Waals surface area contributed by atoms with Gasteiger partial charge in [0.2, 0.25) is 5.56 Å². The van der Waals surface area contributed by atoms with Crippen LogP contribution in [0.3, 0.4) is 0 Å². The number of aromatic nitrogens is 4. The van der Waals surface area contributed by atoms with Crippen molar-refractivity contribution in [2.75, 3.05) is 13.2 Å². The number of rotatable bonds is 6. The van der Waals surface area contributed by atoms with Crippen LogP contribution in [0, 0.1) is 11.6 Å². The summed E-state index contributed by atoms with van der Waals surface area (Å²) in [5, 5.41) is 10.2. The Morgan fingerprint density at radius 2 is 1.87 bits per heavy atom. The first-order chi connectivity index (χ1) is 18.3. The number of halogens is 3. The highest BCUT2D eigenvalue weighted by Crippen LogP contribution is 2.31. The van der Waals surface area contributed by atoms with Gasteiger partial charge in [0.05, 0.1) is 29.4 Å². The topological polar surface area (TPSA) is 111 Å². The first kappa shape index (κ1) is 24.9. The van der Waals surface area contributed by atoms with Crippen molar-refractivity contribution >= 4 is 22.8 Å². The molecule has 5 heterocycles. The molecule has 1 aromatic carbocycles. The fourth-order valence-electron chi connectivity index (χ4n) is 4.87. The smallest absolute Gasteiger partial charge is 0.296 e. The molecule has 6 rings (SSSR count). The van der Waals surface area contributed by atoms with Crippen molar-refractivity contribution in [3.63, 3.8) is 0 Å². The minimum absolute atomic E-state index is 0.0272. The monoisotopic (exact) mass is 544 g/mol. The van der Waals surface area contributed by atoms with Crippen LogP contribution in [0.4, 0.5) is 8.78 Å². The van der Waals surface area contributed by atoms with Gasteiger partial charge in [-0.15, -0.1) is 0 Å². The summed E-state index contributed by atoms with van der Waals surface area (Å²) in [7, 11) is 1.57. The largest absolute Gasteiger partial charge is 0.456 e. The van der Waals surface area contributed by atoms with Gasteiger partial charge >= 0.3 is 0 Å². The molecule has 2 aliphatic heterocycles. The number of H-pyrrole nitrogens is 1. The molecule has 0 amide bonds. The molecule has 0 unspecified atom stereocenters. The molecule has 2 fully saturated rings. The Morgan fingerprint density at radius 3 is 2.63 bits per heavy atom. The number of nitrogens with zero attached hydrogens (tertiary/aromatic N) is 3. The Kier molecular flexibility index (Phi) is 6.39. The highest BCUT2D eigenvalue weighted by atomic mass is 35.5. The SMILES string of the molecule is Cn1cc(-c2cc(F)c(CCc3nc4nc(O[C@@H]5CO[C@H]6[C@@H]5OC[C@H]6O)[nH]c4cc3Cl)c(F)c2)ccc1=O. The predicted octanol–water partition coefficient (Wildman–Crippen LogP) is 2.95. The molecule has 2 saturated heterocycles. The Hall–Kier alpha value is -3.38. The van der Waals surface area contributed by atoms with E-state index in [0.717, 1.165) is 0 Å². The molecule has 0 saturated carbocycles. The third-order valence-corrected chi connectivity index (χ3v) is 7.22. The summed E-state index contributed by atoms with van der Waals surface area (Å²) in [6.45, 7) is 0.439. The summed E-state index contributed by atoms with van der Waals surface area (Å²) in [5.74, 6) is -1.39. The van der Waals surface area contributed by atoms with E-state index in [-0.39, 0.29) is 43.2 Å². The van der Waals surface area contributed by atoms with Crippen LogP contribution >= 0.6 is 11.6 Å². The Balaban J connectivity index is 1.18. The van der Waals surface area contributed by atoms with Gasteiger partial charge in [0.1, 0.15) is 29.9 Å². The zero-order chi connectivity index (χ0) is 26.6. The number of ether oxygens (including phenoxy) is 3. The lowest BCUT2D eigenvalue weighted by molar-refractivity contribution is 0.00706. The number of aryl methyl sites for hydroxylation is 2. The molecule has 38 heavy (non-hydrogen) atoms. The second-order valence-electron chi connectivity index (χ2n) is 9.43. The van der Waals surface area contributed by atoms with Gasteiger partial charge in [-0.2, -0.15) is 4.98 Å². The number of hydrogen-bond acceptors (Lipinski definition) is 7. The molecule has 0 radical (unpaired) electrons. The molecule has 0 aliphatic carbocycles. The first-order valence-electron chi connectivity index (χ1n) is 12.0. The van der Waals surface area contributed by atoms with E-state index >= 15 is 0 Å². The summed E-state index contributed by atoms with van der Waals surface area (Å²) in [6.07, 6.45) is -0.223. The van der Waals surface area contributed by atoms with E-state index in [9.17, 15) is 18.7 Å². The number of aromatic amines is 1. The third kappa shape index (κ3) is 4.55. The summed E-state index contributed by atoms with van der Waals surface area (Å²) < 4.78 is 48.2. The van der Waals surface area contributed by atoms with Crippen molar-refractivity contribution in [1.29, 1.82) is 0 Å². The van der Waals surface area contributed by atoms with Crippen LogP contribution in [0.2, 0.25) is 5.02 Å². The van der Waals surface area contributed by atoms with Crippen molar-refractivity contribution in [3.8, 4) is 17.1 Å². The third-order valence-electron chi connectivity index (χ3n) is 6.89. The predicted molar refractivity (Wildman–Crippen MR) is 133 cm³/mol. The molecule has 9 nitrogen and oxygen atoms in total. The fraction of sp³-hybridized carbons (Fsp3) is 0.346. The minimum atomic E-state index is -0.696. The van der Waals surface area contributed by atoms with E-state index in [4.69, 9.17) is 25.8 Å². The van der Waals surface area contributed by atoms with Crippen LogP contribution < -0.4 is 10.3 Å². The zero-order valence-corrected chi connectivity index (χ0v) is 20.9. The van der Waals surface area contributed by atoms with Crippen molar-refractivity contribution < 1.29 is 28.1 Å². The highest BCUT2D eigenvalue weighted by molar-refractivity contribution is 6.31. The molecular formula is C26H23ClF2N4O5. The first-order valence-corrected chi connectivity index (χ1v) is 12.4. The van der Waals surface area contributed by atoms with E-state index in [2.05, 4.69) is 15.0 Å². The van der Waals surface area contributed by atoms with Crippen LogP contribution in [-0.4, -0.2) is 62.3 Å². The minimum Gasteiger partial charge on any atom is -0.456 e. The molecule has 4 atom stereocenters. The molecule has 4 aromatic rings. The van der Waals surface area contributed by atoms with Crippen LogP contribution in [0.5, 0.6) is 6.01 Å². The van der Waals surface area contributed by atoms with Crippen molar-refractivity contribution in [2.45, 2.75) is 37.3 Å². The normalized spacial score (nSPS) is 22.8. The number of fused-ring (bicyclic) bond motifs is 2. The standard InChI is InChI=1S/C26H23ClF2N4O5/c1-33-9-12(2-5-22(33)35)13-6-16(28)14(17(29)7-13)3-4-18-15(27)8-19-25(30-18)32-26(31-19)38-21-11-37-23-20(34)10-36-24(21)23/h2,5-9,20-21,23-24,34H,3-4,10-11H2,1H3,(H,30,31,32)/t20-,21-,23-,24-/m1/s1. The van der Waals surface area contributed by atoms with Gasteiger partial charge in [-0.3, -0.25) is 4.79 Å². The zero-order valence-electron chi connectivity index (χ0n) is 20.2. The molecule has 0 bridgehead atoms. The number of hydrogen-bond donors (Lipinski definition) is 2. The summed E-state index contributed by atoms with van der Waals surface area (Å²) in [4.78, 5) is 23.5. The van der Waals surface area contributed by atoms with E-state index in [1.807, 2.05) is 0 Å². The van der Waals surface area contributed by atoms with Crippen molar-refractivity contribution in [3.05, 3.63) is 74.8 Å². The summed E-state index contributed by atoms with van der Waals surface area (Å²) >= 11 is 6.42. The Bertz CT molecular complexity index is 1570. The summed E-state index contributed by atoms with van der Waals surface area (Å²) in [6, 6.07) is 7.21. The molecule has 3 aromatic heterocycles. The number of pyridine rings is 2. The molecule has 2 aliphatic rings. The lowest BCUT2D eigenvalue weighted by atomic mass is 10.0. The number of imidazole rings is 1. The van der Waals surface area contributed by atoms with E-state index in [1.165, 1.54) is 35.0 Å². The van der Waals surface area contributed by atoms with Gasteiger partial charge in [0.25, 0.3) is 6.01 Å². The van der Waals surface area contributed by atoms with Gasteiger partial charge in [0, 0.05) is 24.9 Å². The summed E-state index contributed by atoms with van der Waals surface area (Å²) in [5.41, 5.74) is 1.87. The van der Waals surface area contributed by atoms with Crippen LogP contribution in [-0.2, 0) is 29.4 Å². The van der Waals surface area contributed by atoms with Gasteiger partial charge in [-0.25, -0.2) is 13.8 Å². The molecule has 12 heteroatoms. The number of benzene rings is 1. The average molecular weight is 545 g/mol. The van der Waals surface area contributed by atoms with Crippen LogP contribution in [0.25, 0.3) is 22.3 Å². The van der Waals surface area contributed by atoms with Crippen molar-refractivity contribution in [1.82, 2.24) is 19.5 Å². The Morgan fingerprint density at radius 1 is 1.11 bits per heavy atom. The van der Waals surface area contributed by atoms with E-state index < -0.39 is 36.1 Å². The van der Waals surface area contributed by atoms with Gasteiger partial charge in [0.15, 0.2) is 11.8 Å². The fourth-order valence-corrected chi connectivity index (χ4v) is 5.11. The maximum atomic E-state index is 14.9. The lowest BCUT2D eigenvalue weighted by Crippen LogP contribution is -2.34. The Labute approximate surface area is 220 Å². The quantitative estimate of drug-likeness (QED) is 0.384. The molecule has 2 N–H and O–H groups in total. The number of aliphatic hydroxyl groups excluding tert-OH is 1. The highest BCUT2D eigenvalue weighted by Gasteiger charge is 2.48.